The first-order valence-electron chi connectivity index (χ1n) is 10.9. The number of hydrogen-bond acceptors (Lipinski definition) is 4. The van der Waals surface area contributed by atoms with Gasteiger partial charge in [0.2, 0.25) is 5.91 Å². The van der Waals surface area contributed by atoms with Crippen LogP contribution in [0.1, 0.15) is 81.6 Å². The number of allylic oxidation sites excluding steroid dienone is 2. The van der Waals surface area contributed by atoms with Gasteiger partial charge in [-0.05, 0) is 75.1 Å². The fraction of sp³-hybridized carbons (Fsp3) is 0.480. The van der Waals surface area contributed by atoms with Crippen LogP contribution in [-0.2, 0) is 0 Å². The summed E-state index contributed by atoms with van der Waals surface area (Å²) in [7, 11) is 0. The van der Waals surface area contributed by atoms with Crippen LogP contribution in [0, 0.1) is 11.3 Å². The van der Waals surface area contributed by atoms with Crippen LogP contribution < -0.4 is 5.73 Å². The van der Waals surface area contributed by atoms with Crippen molar-refractivity contribution in [2.45, 2.75) is 65.7 Å². The van der Waals surface area contributed by atoms with Crippen LogP contribution in [-0.4, -0.2) is 29.6 Å². The third-order valence-electron chi connectivity index (χ3n) is 4.99. The highest BCUT2D eigenvalue weighted by molar-refractivity contribution is 6.10. The summed E-state index contributed by atoms with van der Waals surface area (Å²) in [4.78, 5) is 17.2. The Hall–Kier alpha value is -2.87. The molecule has 0 bridgehead atoms. The molecule has 1 aliphatic heterocycles. The lowest BCUT2D eigenvalue weighted by Gasteiger charge is -2.28. The summed E-state index contributed by atoms with van der Waals surface area (Å²) >= 11 is 0. The van der Waals surface area contributed by atoms with Gasteiger partial charge in [0.15, 0.2) is 0 Å². The van der Waals surface area contributed by atoms with Crippen LogP contribution in [0.4, 0.5) is 0 Å². The Morgan fingerprint density at radius 1 is 1.17 bits per heavy atom. The number of carbonyl (C=O) groups excluding carboxylic acids is 1. The largest absolute Gasteiger partial charge is 0.374 e. The van der Waals surface area contributed by atoms with Gasteiger partial charge in [-0.2, -0.15) is 5.26 Å². The van der Waals surface area contributed by atoms with E-state index in [4.69, 9.17) is 11.0 Å². The molecule has 0 aromatic heterocycles. The fourth-order valence-electron chi connectivity index (χ4n) is 3.06. The number of aliphatic imine (C=N–C) groups is 1. The van der Waals surface area contributed by atoms with Gasteiger partial charge in [0, 0.05) is 30.5 Å². The molecular formula is C25H36N4O. The maximum atomic E-state index is 10.7. The lowest BCUT2D eigenvalue weighted by Crippen LogP contribution is -2.27. The van der Waals surface area contributed by atoms with Crippen LogP contribution >= 0.6 is 0 Å². The van der Waals surface area contributed by atoms with Gasteiger partial charge < -0.3 is 10.6 Å². The van der Waals surface area contributed by atoms with E-state index < -0.39 is 0 Å². The predicted octanol–water partition coefficient (Wildman–Crippen LogP) is 5.56. The molecule has 5 heteroatoms. The Morgan fingerprint density at radius 2 is 1.73 bits per heavy atom. The Bertz CT molecular complexity index is 789. The molecule has 1 saturated carbocycles. The molecule has 30 heavy (non-hydrogen) atoms. The summed E-state index contributed by atoms with van der Waals surface area (Å²) in [6, 6.07) is 9.65. The topological polar surface area (TPSA) is 82.5 Å². The molecule has 0 atom stereocenters. The van der Waals surface area contributed by atoms with Gasteiger partial charge in [0.25, 0.3) is 0 Å². The molecule has 162 valence electrons. The second kappa shape index (κ2) is 13.4. The molecule has 0 spiro atoms. The number of nitrogens with two attached hydrogens (primary N) is 1. The van der Waals surface area contributed by atoms with Crippen LogP contribution in [0.15, 0.2) is 53.3 Å². The SMILES string of the molecule is C=C(C)C(C#N)=N/C=C(\C)N1CCCCC1.CC.NC(=O)c1ccc(C2CC2)cc1. The summed E-state index contributed by atoms with van der Waals surface area (Å²) in [6.45, 7) is 13.8. The van der Waals surface area contributed by atoms with Crippen molar-refractivity contribution < 1.29 is 4.79 Å². The zero-order valence-electron chi connectivity index (χ0n) is 18.9. The smallest absolute Gasteiger partial charge is 0.248 e. The number of primary amides is 1. The molecule has 2 aliphatic rings. The highest BCUT2D eigenvalue weighted by Crippen LogP contribution is 2.39. The predicted molar refractivity (Wildman–Crippen MR) is 125 cm³/mol. The Labute approximate surface area is 182 Å². The summed E-state index contributed by atoms with van der Waals surface area (Å²) in [5.74, 6) is 0.393. The molecule has 1 aliphatic carbocycles. The second-order valence-corrected chi connectivity index (χ2v) is 7.45. The third-order valence-corrected chi connectivity index (χ3v) is 4.99. The van der Waals surface area contributed by atoms with Crippen molar-refractivity contribution in [2.75, 3.05) is 13.1 Å². The van der Waals surface area contributed by atoms with Crippen molar-refractivity contribution >= 4 is 11.6 Å². The van der Waals surface area contributed by atoms with E-state index in [-0.39, 0.29) is 5.91 Å². The minimum Gasteiger partial charge on any atom is -0.374 e. The van der Waals surface area contributed by atoms with Gasteiger partial charge in [-0.15, -0.1) is 0 Å². The van der Waals surface area contributed by atoms with E-state index in [1.807, 2.05) is 39.0 Å². The number of hydrogen-bond donors (Lipinski definition) is 1. The number of carbonyl (C=O) groups is 1. The van der Waals surface area contributed by atoms with E-state index in [1.165, 1.54) is 37.7 Å². The summed E-state index contributed by atoms with van der Waals surface area (Å²) in [5.41, 5.74) is 9.31. The summed E-state index contributed by atoms with van der Waals surface area (Å²) in [5, 5.41) is 8.84. The van der Waals surface area contributed by atoms with Crippen LogP contribution in [0.3, 0.4) is 0 Å². The minimum atomic E-state index is -0.350. The zero-order chi connectivity index (χ0) is 22.5. The Morgan fingerprint density at radius 3 is 2.17 bits per heavy atom. The molecule has 5 nitrogen and oxygen atoms in total. The highest BCUT2D eigenvalue weighted by atomic mass is 16.1. The number of amides is 1. The minimum absolute atomic E-state index is 0.350. The molecule has 1 aromatic carbocycles. The molecule has 1 saturated heterocycles. The van der Waals surface area contributed by atoms with Crippen molar-refractivity contribution in [1.29, 1.82) is 5.26 Å². The summed E-state index contributed by atoms with van der Waals surface area (Å²) < 4.78 is 0. The van der Waals surface area contributed by atoms with E-state index in [0.717, 1.165) is 24.7 Å². The van der Waals surface area contributed by atoms with Gasteiger partial charge in [-0.25, -0.2) is 4.99 Å². The molecule has 1 amide bonds. The van der Waals surface area contributed by atoms with Crippen LogP contribution in [0.2, 0.25) is 0 Å². The lowest BCUT2D eigenvalue weighted by atomic mass is 10.1. The van der Waals surface area contributed by atoms with Gasteiger partial charge in [0.05, 0.1) is 0 Å². The standard InChI is InChI=1S/C13H19N3.C10H11NO.C2H6/c1-11(2)13(9-14)15-10-12(3)16-7-5-4-6-8-16;11-10(12)9-5-3-8(4-6-9)7-1-2-7;1-2/h10H,1,4-8H2,2-3H3;3-7H,1-2H2,(H2,11,12);1-2H3/b12-10+,15-13?;;. The van der Waals surface area contributed by atoms with Crippen LogP contribution in [0.5, 0.6) is 0 Å². The normalized spacial score (nSPS) is 16.3. The monoisotopic (exact) mass is 408 g/mol. The molecule has 1 aromatic rings. The summed E-state index contributed by atoms with van der Waals surface area (Å²) in [6.07, 6.45) is 8.17. The van der Waals surface area contributed by atoms with E-state index in [0.29, 0.717) is 16.8 Å². The average molecular weight is 409 g/mol. The first-order valence-corrected chi connectivity index (χ1v) is 10.9. The quantitative estimate of drug-likeness (QED) is 0.647. The van der Waals surface area contributed by atoms with Crippen molar-refractivity contribution in [2.24, 2.45) is 10.7 Å². The van der Waals surface area contributed by atoms with Gasteiger partial charge in [-0.3, -0.25) is 4.79 Å². The van der Waals surface area contributed by atoms with Gasteiger partial charge in [0.1, 0.15) is 11.8 Å². The molecule has 1 heterocycles. The molecule has 2 N–H and O–H groups in total. The number of piperidine rings is 1. The maximum Gasteiger partial charge on any atom is 0.248 e. The van der Waals surface area contributed by atoms with Gasteiger partial charge in [-0.1, -0.05) is 32.6 Å². The number of rotatable bonds is 5. The van der Waals surface area contributed by atoms with Crippen molar-refractivity contribution in [3.05, 3.63) is 59.4 Å². The van der Waals surface area contributed by atoms with Crippen molar-refractivity contribution in [1.82, 2.24) is 4.90 Å². The number of nitrogens with zero attached hydrogens (tertiary/aromatic N) is 3. The highest BCUT2D eigenvalue weighted by Gasteiger charge is 2.23. The third kappa shape index (κ3) is 8.65. The zero-order valence-corrected chi connectivity index (χ0v) is 18.9. The fourth-order valence-corrected chi connectivity index (χ4v) is 3.06. The van der Waals surface area contributed by atoms with Crippen molar-refractivity contribution in [3.63, 3.8) is 0 Å². The van der Waals surface area contributed by atoms with E-state index in [1.54, 1.807) is 25.3 Å². The number of likely N-dealkylation sites (tertiary alicyclic amines) is 1. The van der Waals surface area contributed by atoms with Crippen molar-refractivity contribution in [3.8, 4) is 6.07 Å². The molecule has 3 rings (SSSR count). The molecule has 0 radical (unpaired) electrons. The number of nitriles is 1. The maximum absolute atomic E-state index is 10.7. The Balaban J connectivity index is 0.000000285. The van der Waals surface area contributed by atoms with E-state index in [2.05, 4.69) is 16.5 Å². The van der Waals surface area contributed by atoms with Crippen LogP contribution in [0.25, 0.3) is 0 Å². The molecular weight excluding hydrogens is 372 g/mol. The van der Waals surface area contributed by atoms with Gasteiger partial charge >= 0.3 is 0 Å². The molecule has 0 unspecified atom stereocenters. The first kappa shape index (κ1) is 25.2. The lowest BCUT2D eigenvalue weighted by molar-refractivity contribution is 0.100. The molecule has 2 fully saturated rings. The number of benzene rings is 1. The average Bonchev–Trinajstić information content (AvgIpc) is 3.62. The van der Waals surface area contributed by atoms with E-state index in [9.17, 15) is 4.79 Å². The first-order chi connectivity index (χ1) is 14.4. The second-order valence-electron chi connectivity index (χ2n) is 7.45. The van der Waals surface area contributed by atoms with E-state index >= 15 is 0 Å². The Kier molecular flexibility index (Phi) is 11.2.